The molecule has 0 amide bonds. The van der Waals surface area contributed by atoms with E-state index in [1.807, 2.05) is 0 Å². The van der Waals surface area contributed by atoms with Gasteiger partial charge in [-0.3, -0.25) is 4.90 Å². The molecule has 6 fully saturated rings. The van der Waals surface area contributed by atoms with Crippen LogP contribution in [0.3, 0.4) is 0 Å². The summed E-state index contributed by atoms with van der Waals surface area (Å²) in [5, 5.41) is 3.88. The van der Waals surface area contributed by atoms with Crippen molar-refractivity contribution in [2.24, 2.45) is 11.8 Å². The van der Waals surface area contributed by atoms with Gasteiger partial charge in [0.1, 0.15) is 0 Å². The van der Waals surface area contributed by atoms with E-state index < -0.39 is 0 Å². The highest BCUT2D eigenvalue weighted by Crippen LogP contribution is 2.41. The topological polar surface area (TPSA) is 43.0 Å². The molecule has 1 N–H and O–H groups in total. The molecule has 1 spiro atoms. The van der Waals surface area contributed by atoms with Crippen LogP contribution in [0.25, 0.3) is 0 Å². The molecule has 0 aromatic heterocycles. The van der Waals surface area contributed by atoms with Crippen LogP contribution in [0, 0.1) is 11.8 Å². The summed E-state index contributed by atoms with van der Waals surface area (Å²) in [4.78, 5) is 2.72. The molecule has 2 unspecified atom stereocenters. The zero-order valence-electron chi connectivity index (χ0n) is 19.0. The van der Waals surface area contributed by atoms with Gasteiger partial charge in [-0.25, -0.2) is 0 Å². The maximum Gasteiger partial charge on any atom is 0.0665 e. The molecular formula is C25H44N2O3. The van der Waals surface area contributed by atoms with Crippen LogP contribution in [0.2, 0.25) is 0 Å². The number of hydrogen-bond acceptors (Lipinski definition) is 5. The second-order valence-electron chi connectivity index (χ2n) is 10.7. The first-order chi connectivity index (χ1) is 14.8. The van der Waals surface area contributed by atoms with Crippen molar-refractivity contribution >= 4 is 0 Å². The minimum Gasteiger partial charge on any atom is -0.378 e. The van der Waals surface area contributed by atoms with E-state index in [4.69, 9.17) is 14.2 Å². The van der Waals surface area contributed by atoms with Gasteiger partial charge < -0.3 is 19.5 Å². The van der Waals surface area contributed by atoms with Gasteiger partial charge in [0, 0.05) is 13.2 Å². The highest BCUT2D eigenvalue weighted by Gasteiger charge is 2.46. The molecule has 6 aliphatic rings. The van der Waals surface area contributed by atoms with E-state index >= 15 is 0 Å². The number of ether oxygens (including phenoxy) is 3. The Kier molecular flexibility index (Phi) is 7.33. The molecule has 2 aliphatic carbocycles. The summed E-state index contributed by atoms with van der Waals surface area (Å²) >= 11 is 0. The Bertz CT molecular complexity index is 525. The van der Waals surface area contributed by atoms with Crippen molar-refractivity contribution in [2.75, 3.05) is 46.1 Å². The maximum absolute atomic E-state index is 6.67. The number of nitrogens with zero attached hydrogens (tertiary/aromatic N) is 1. The minimum atomic E-state index is 0.0904. The molecule has 0 radical (unpaired) electrons. The summed E-state index contributed by atoms with van der Waals surface area (Å²) in [5.74, 6) is 1.68. The molecular weight excluding hydrogens is 376 g/mol. The number of morpholine rings is 1. The second kappa shape index (κ2) is 10.2. The normalized spacial score (nSPS) is 44.6. The monoisotopic (exact) mass is 420 g/mol. The Labute approximate surface area is 183 Å². The van der Waals surface area contributed by atoms with Crippen molar-refractivity contribution in [2.45, 2.75) is 101 Å². The highest BCUT2D eigenvalue weighted by atomic mass is 16.5. The van der Waals surface area contributed by atoms with Crippen molar-refractivity contribution in [3.8, 4) is 0 Å². The Hall–Kier alpha value is -0.200. The van der Waals surface area contributed by atoms with Crippen LogP contribution in [-0.2, 0) is 14.2 Å². The predicted octanol–water partition coefficient (Wildman–Crippen LogP) is 3.75. The van der Waals surface area contributed by atoms with E-state index in [9.17, 15) is 0 Å². The van der Waals surface area contributed by atoms with Crippen molar-refractivity contribution in [1.29, 1.82) is 0 Å². The van der Waals surface area contributed by atoms with Crippen molar-refractivity contribution in [1.82, 2.24) is 10.2 Å². The van der Waals surface area contributed by atoms with Gasteiger partial charge >= 0.3 is 0 Å². The average molecular weight is 421 g/mol. The third kappa shape index (κ3) is 4.76. The first kappa shape index (κ1) is 21.6. The van der Waals surface area contributed by atoms with Crippen LogP contribution in [-0.4, -0.2) is 74.8 Å². The van der Waals surface area contributed by atoms with E-state index in [0.717, 1.165) is 44.8 Å². The lowest BCUT2D eigenvalue weighted by Crippen LogP contribution is -2.70. The summed E-state index contributed by atoms with van der Waals surface area (Å²) in [6.45, 7) is 6.87. The quantitative estimate of drug-likeness (QED) is 0.646. The third-order valence-electron chi connectivity index (χ3n) is 8.97. The third-order valence-corrected chi connectivity index (χ3v) is 8.97. The van der Waals surface area contributed by atoms with E-state index in [-0.39, 0.29) is 5.54 Å². The van der Waals surface area contributed by atoms with Crippen molar-refractivity contribution < 1.29 is 14.2 Å². The smallest absolute Gasteiger partial charge is 0.0665 e. The predicted molar refractivity (Wildman–Crippen MR) is 119 cm³/mol. The fourth-order valence-electron chi connectivity index (χ4n) is 7.29. The van der Waals surface area contributed by atoms with E-state index in [2.05, 4.69) is 10.2 Å². The van der Waals surface area contributed by atoms with E-state index in [0.29, 0.717) is 18.2 Å². The Morgan fingerprint density at radius 3 is 2.53 bits per heavy atom. The number of nitrogens with one attached hydrogen (secondary N) is 1. The maximum atomic E-state index is 6.67. The molecule has 2 saturated carbocycles. The lowest BCUT2D eigenvalue weighted by molar-refractivity contribution is -0.0935. The Balaban J connectivity index is 1.29. The van der Waals surface area contributed by atoms with E-state index in [1.165, 1.54) is 90.1 Å². The minimum absolute atomic E-state index is 0.0904. The molecule has 4 aliphatic heterocycles. The Morgan fingerprint density at radius 1 is 0.800 bits per heavy atom. The lowest BCUT2D eigenvalue weighted by atomic mass is 9.71. The second-order valence-corrected chi connectivity index (χ2v) is 10.7. The van der Waals surface area contributed by atoms with Crippen LogP contribution in [0.15, 0.2) is 0 Å². The van der Waals surface area contributed by atoms with Crippen LogP contribution < -0.4 is 5.32 Å². The van der Waals surface area contributed by atoms with Crippen LogP contribution in [0.4, 0.5) is 0 Å². The van der Waals surface area contributed by atoms with Gasteiger partial charge in [0.05, 0.1) is 43.6 Å². The van der Waals surface area contributed by atoms with Gasteiger partial charge in [0.25, 0.3) is 0 Å². The summed E-state index contributed by atoms with van der Waals surface area (Å²) in [7, 11) is 0. The van der Waals surface area contributed by atoms with Crippen LogP contribution >= 0.6 is 0 Å². The molecule has 4 saturated heterocycles. The summed E-state index contributed by atoms with van der Waals surface area (Å²) in [6, 6.07) is 0.443. The van der Waals surface area contributed by atoms with Crippen molar-refractivity contribution in [3.05, 3.63) is 0 Å². The summed E-state index contributed by atoms with van der Waals surface area (Å²) in [5.41, 5.74) is 0.0904. The molecule has 4 heterocycles. The number of hydrogen-bond donors (Lipinski definition) is 1. The van der Waals surface area contributed by atoms with Crippen LogP contribution in [0.5, 0.6) is 0 Å². The number of fused-ring (bicyclic) bond motifs is 7. The molecule has 4 atom stereocenters. The van der Waals surface area contributed by atoms with Gasteiger partial charge in [-0.1, -0.05) is 12.8 Å². The van der Waals surface area contributed by atoms with Gasteiger partial charge in [-0.2, -0.15) is 0 Å². The molecule has 2 bridgehead atoms. The number of rotatable bonds is 0. The Morgan fingerprint density at radius 2 is 1.67 bits per heavy atom. The zero-order chi connectivity index (χ0) is 20.2. The standard InChI is InChI=1S/C25H44N2O3/c1-2-7-23-22(6-1)20-8-10-21(11-9-20)30-18-24-25(19-28-17-13-26-25)12-5-15-27(24)14-3-4-16-29-23/h20-24,26H,1-19H2/t20?,21?,22?,23?,24-,25+/m0/s1. The fraction of sp³-hybridized carbons (Fsp3) is 1.00. The van der Waals surface area contributed by atoms with Gasteiger partial charge in [0.15, 0.2) is 0 Å². The molecule has 172 valence electrons. The fourth-order valence-corrected chi connectivity index (χ4v) is 7.29. The lowest BCUT2D eigenvalue weighted by Gasteiger charge is -2.52. The van der Waals surface area contributed by atoms with Gasteiger partial charge in [-0.15, -0.1) is 0 Å². The first-order valence-electron chi connectivity index (χ1n) is 13.1. The van der Waals surface area contributed by atoms with Gasteiger partial charge in [-0.05, 0) is 89.1 Å². The largest absolute Gasteiger partial charge is 0.378 e. The van der Waals surface area contributed by atoms with Gasteiger partial charge in [0.2, 0.25) is 0 Å². The van der Waals surface area contributed by atoms with E-state index in [1.54, 1.807) is 0 Å². The molecule has 6 rings (SSSR count). The highest BCUT2D eigenvalue weighted by molar-refractivity contribution is 5.04. The molecule has 5 heteroatoms. The molecule has 30 heavy (non-hydrogen) atoms. The number of piperidine rings is 1. The SMILES string of the molecule is C1CCN2CCC[C@@]3(COCCN3)[C@@H]2COC2CCC(CC2)C2CCCCC2OC1. The van der Waals surface area contributed by atoms with Crippen molar-refractivity contribution in [3.63, 3.8) is 0 Å². The first-order valence-corrected chi connectivity index (χ1v) is 13.1. The molecule has 5 nitrogen and oxygen atoms in total. The molecule has 0 aromatic rings. The average Bonchev–Trinajstić information content (AvgIpc) is 2.80. The molecule has 0 aromatic carbocycles. The summed E-state index contributed by atoms with van der Waals surface area (Å²) < 4.78 is 19.2. The van der Waals surface area contributed by atoms with Crippen LogP contribution in [0.1, 0.15) is 77.0 Å². The zero-order valence-corrected chi connectivity index (χ0v) is 19.0. The summed E-state index contributed by atoms with van der Waals surface area (Å²) in [6.07, 6.45) is 16.5.